The number of carboxylic acid groups (broad SMARTS) is 1. The highest BCUT2D eigenvalue weighted by Crippen LogP contribution is 2.48. The van der Waals surface area contributed by atoms with Crippen molar-refractivity contribution in [2.45, 2.75) is 6.42 Å². The molecule has 1 amide bonds. The molecule has 0 unspecified atom stereocenters. The number of hydrogen-bond donors (Lipinski definition) is 1. The van der Waals surface area contributed by atoms with Crippen molar-refractivity contribution >= 4 is 23.3 Å². The average Bonchev–Trinajstić information content (AvgIpc) is 3.07. The number of carbonyl (C=O) groups excluding carboxylic acids is 2. The zero-order valence-corrected chi connectivity index (χ0v) is 11.5. The monoisotopic (exact) mass is 301 g/mol. The van der Waals surface area contributed by atoms with Gasteiger partial charge in [0.2, 0.25) is 5.91 Å². The molecule has 0 aromatic heterocycles. The van der Waals surface area contributed by atoms with Gasteiger partial charge >= 0.3 is 0 Å². The summed E-state index contributed by atoms with van der Waals surface area (Å²) in [4.78, 5) is 33.9. The van der Waals surface area contributed by atoms with Crippen LogP contribution in [0, 0.1) is 33.8 Å². The molecule has 0 radical (unpaired) electrons. The van der Waals surface area contributed by atoms with Gasteiger partial charge in [-0.15, -0.1) is 0 Å². The molecule has 7 heteroatoms. The minimum absolute atomic E-state index is 0.119. The second-order valence-corrected chi connectivity index (χ2v) is 5.62. The normalized spacial score (nSPS) is 28.5. The van der Waals surface area contributed by atoms with Crippen LogP contribution in [0.3, 0.4) is 0 Å². The van der Waals surface area contributed by atoms with Crippen LogP contribution in [0.15, 0.2) is 36.4 Å². The number of nitrogens with one attached hydrogen (secondary N) is 1. The predicted octanol–water partition coefficient (Wildman–Crippen LogP) is 0.721. The molecule has 1 aromatic carbocycles. The van der Waals surface area contributed by atoms with Crippen molar-refractivity contribution in [1.82, 2.24) is 0 Å². The van der Waals surface area contributed by atoms with E-state index in [0.717, 1.165) is 0 Å². The van der Waals surface area contributed by atoms with E-state index in [4.69, 9.17) is 0 Å². The fourth-order valence-corrected chi connectivity index (χ4v) is 3.42. The molecule has 2 aliphatic carbocycles. The summed E-state index contributed by atoms with van der Waals surface area (Å²) in [5.41, 5.74) is 0.144. The Kier molecular flexibility index (Phi) is 3.40. The average molecular weight is 301 g/mol. The maximum atomic E-state index is 12.4. The lowest BCUT2D eigenvalue weighted by Gasteiger charge is -2.27. The summed E-state index contributed by atoms with van der Waals surface area (Å²) in [6, 6.07) is 5.56. The van der Waals surface area contributed by atoms with Crippen LogP contribution in [0.25, 0.3) is 0 Å². The molecular weight excluding hydrogens is 288 g/mol. The number of benzene rings is 1. The Balaban J connectivity index is 1.80. The number of nitrogens with zero attached hydrogens (tertiary/aromatic N) is 1. The van der Waals surface area contributed by atoms with E-state index in [0.29, 0.717) is 6.42 Å². The Bertz CT molecular complexity index is 684. The third kappa shape index (κ3) is 2.34. The van der Waals surface area contributed by atoms with Crippen LogP contribution in [0.5, 0.6) is 0 Å². The van der Waals surface area contributed by atoms with Gasteiger partial charge in [-0.3, -0.25) is 14.9 Å². The number of non-ortho nitro benzene ring substituents is 1. The fourth-order valence-electron chi connectivity index (χ4n) is 3.42. The Morgan fingerprint density at radius 2 is 1.86 bits per heavy atom. The first-order valence-corrected chi connectivity index (χ1v) is 6.92. The number of nitro benzene ring substituents is 1. The topological polar surface area (TPSA) is 112 Å². The van der Waals surface area contributed by atoms with Gasteiger partial charge in [-0.05, 0) is 24.3 Å². The summed E-state index contributed by atoms with van der Waals surface area (Å²) in [7, 11) is 0. The Morgan fingerprint density at radius 3 is 2.50 bits per heavy atom. The molecule has 2 aliphatic rings. The van der Waals surface area contributed by atoms with Gasteiger partial charge in [0, 0.05) is 29.7 Å². The first kappa shape index (κ1) is 14.2. The van der Waals surface area contributed by atoms with Crippen molar-refractivity contribution in [3.05, 3.63) is 46.5 Å². The highest BCUT2D eigenvalue weighted by atomic mass is 16.6. The van der Waals surface area contributed by atoms with Gasteiger partial charge in [-0.1, -0.05) is 18.2 Å². The van der Waals surface area contributed by atoms with E-state index >= 15 is 0 Å². The van der Waals surface area contributed by atoms with E-state index in [1.807, 2.05) is 12.2 Å². The van der Waals surface area contributed by atoms with Crippen molar-refractivity contribution in [3.8, 4) is 0 Å². The third-order valence-electron chi connectivity index (χ3n) is 4.36. The largest absolute Gasteiger partial charge is 0.550 e. The van der Waals surface area contributed by atoms with Gasteiger partial charge in [-0.25, -0.2) is 0 Å². The molecule has 1 fully saturated rings. The van der Waals surface area contributed by atoms with Gasteiger partial charge in [0.05, 0.1) is 10.8 Å². The van der Waals surface area contributed by atoms with Crippen LogP contribution < -0.4 is 10.4 Å². The lowest BCUT2D eigenvalue weighted by Crippen LogP contribution is -2.42. The SMILES string of the molecule is O=C([O-])[C@@H]1[C@H](C(=O)Nc2cccc([N+](=O)[O-])c2)[C@H]2C=C[C@H]1C2. The molecule has 0 saturated heterocycles. The Labute approximate surface area is 125 Å². The number of rotatable bonds is 4. The Morgan fingerprint density at radius 1 is 1.18 bits per heavy atom. The molecule has 3 rings (SSSR count). The van der Waals surface area contributed by atoms with E-state index in [1.165, 1.54) is 24.3 Å². The number of allylic oxidation sites excluding steroid dienone is 2. The first-order valence-electron chi connectivity index (χ1n) is 6.92. The van der Waals surface area contributed by atoms with E-state index in [2.05, 4.69) is 5.32 Å². The highest BCUT2D eigenvalue weighted by Gasteiger charge is 2.48. The third-order valence-corrected chi connectivity index (χ3v) is 4.36. The highest BCUT2D eigenvalue weighted by molar-refractivity contribution is 5.96. The maximum absolute atomic E-state index is 12.4. The van der Waals surface area contributed by atoms with Crippen molar-refractivity contribution < 1.29 is 19.6 Å². The van der Waals surface area contributed by atoms with Crippen molar-refractivity contribution in [1.29, 1.82) is 0 Å². The Hall–Kier alpha value is -2.70. The quantitative estimate of drug-likeness (QED) is 0.500. The van der Waals surface area contributed by atoms with E-state index in [9.17, 15) is 24.8 Å². The molecular formula is C15H13N2O5-. The molecule has 0 heterocycles. The van der Waals surface area contributed by atoms with Gasteiger partial charge in [-0.2, -0.15) is 0 Å². The molecule has 0 aliphatic heterocycles. The standard InChI is InChI=1S/C15H14N2O5/c18-14(16-10-2-1-3-11(7-10)17(21)22)12-8-4-5-9(6-8)13(12)15(19)20/h1-5,7-9,12-13H,6H2,(H,16,18)(H,19,20)/p-1/t8-,9-,12+,13-/m0/s1. The molecule has 1 saturated carbocycles. The summed E-state index contributed by atoms with van der Waals surface area (Å²) >= 11 is 0. The van der Waals surface area contributed by atoms with Crippen molar-refractivity contribution in [2.24, 2.45) is 23.7 Å². The van der Waals surface area contributed by atoms with Crippen LogP contribution in [0.2, 0.25) is 0 Å². The molecule has 1 N–H and O–H groups in total. The van der Waals surface area contributed by atoms with Crippen LogP contribution in [0.4, 0.5) is 11.4 Å². The second kappa shape index (κ2) is 5.25. The van der Waals surface area contributed by atoms with Crippen molar-refractivity contribution in [3.63, 3.8) is 0 Å². The number of aliphatic carboxylic acids is 1. The minimum Gasteiger partial charge on any atom is -0.550 e. The molecule has 0 spiro atoms. The smallest absolute Gasteiger partial charge is 0.271 e. The van der Waals surface area contributed by atoms with E-state index in [1.54, 1.807) is 0 Å². The molecule has 4 atom stereocenters. The second-order valence-electron chi connectivity index (χ2n) is 5.62. The summed E-state index contributed by atoms with van der Waals surface area (Å²) in [6.45, 7) is 0. The number of fused-ring (bicyclic) bond motifs is 2. The minimum atomic E-state index is -1.23. The predicted molar refractivity (Wildman–Crippen MR) is 74.5 cm³/mol. The van der Waals surface area contributed by atoms with Gasteiger partial charge in [0.1, 0.15) is 0 Å². The number of carboxylic acids is 1. The van der Waals surface area contributed by atoms with Crippen molar-refractivity contribution in [2.75, 3.05) is 5.32 Å². The molecule has 114 valence electrons. The van der Waals surface area contributed by atoms with Crippen LogP contribution in [-0.2, 0) is 9.59 Å². The molecule has 22 heavy (non-hydrogen) atoms. The summed E-state index contributed by atoms with van der Waals surface area (Å²) < 4.78 is 0. The fraction of sp³-hybridized carbons (Fsp3) is 0.333. The summed E-state index contributed by atoms with van der Waals surface area (Å²) in [6.07, 6.45) is 4.32. The van der Waals surface area contributed by atoms with Crippen LogP contribution in [-0.4, -0.2) is 16.8 Å². The molecule has 7 nitrogen and oxygen atoms in total. The van der Waals surface area contributed by atoms with E-state index in [-0.39, 0.29) is 23.2 Å². The van der Waals surface area contributed by atoms with Crippen LogP contribution >= 0.6 is 0 Å². The van der Waals surface area contributed by atoms with Gasteiger partial charge in [0.15, 0.2) is 0 Å². The number of carbonyl (C=O) groups is 2. The van der Waals surface area contributed by atoms with Gasteiger partial charge in [0.25, 0.3) is 5.69 Å². The van der Waals surface area contributed by atoms with Crippen LogP contribution in [0.1, 0.15) is 6.42 Å². The lowest BCUT2D eigenvalue weighted by molar-refractivity contribution is -0.384. The van der Waals surface area contributed by atoms with Gasteiger partial charge < -0.3 is 15.2 Å². The number of amides is 1. The lowest BCUT2D eigenvalue weighted by atomic mass is 9.82. The van der Waals surface area contributed by atoms with E-state index < -0.39 is 28.6 Å². The zero-order valence-electron chi connectivity index (χ0n) is 11.5. The summed E-state index contributed by atoms with van der Waals surface area (Å²) in [5, 5.41) is 24.6. The number of nitro groups is 1. The summed E-state index contributed by atoms with van der Waals surface area (Å²) in [5.74, 6) is -3.49. The number of hydrogen-bond acceptors (Lipinski definition) is 5. The zero-order chi connectivity index (χ0) is 15.9. The molecule has 2 bridgehead atoms. The number of anilines is 1. The maximum Gasteiger partial charge on any atom is 0.271 e. The first-order chi connectivity index (χ1) is 10.5. The molecule has 1 aromatic rings.